The van der Waals surface area contributed by atoms with Crippen LogP contribution < -0.4 is 11.1 Å². The van der Waals surface area contributed by atoms with Crippen molar-refractivity contribution in [1.82, 2.24) is 0 Å². The largest absolute Gasteiger partial charge is 0.381 e. The van der Waals surface area contributed by atoms with Crippen LogP contribution in [0.2, 0.25) is 0 Å². The van der Waals surface area contributed by atoms with Crippen LogP contribution in [0.25, 0.3) is 0 Å². The van der Waals surface area contributed by atoms with E-state index in [4.69, 9.17) is 10.5 Å². The number of carbonyl (C=O) groups excluding carboxylic acids is 1. The molecule has 22 heavy (non-hydrogen) atoms. The number of carbonyl (C=O) groups is 1. The maximum Gasteiger partial charge on any atom is 0.232 e. The Labute approximate surface area is 138 Å². The first-order valence-electron chi connectivity index (χ1n) is 7.95. The maximum absolute atomic E-state index is 12.8. The number of halogens is 1. The summed E-state index contributed by atoms with van der Waals surface area (Å²) in [5, 5.41) is 3.16. The topological polar surface area (TPSA) is 64.4 Å². The van der Waals surface area contributed by atoms with Crippen LogP contribution in [0.1, 0.15) is 36.8 Å². The molecular weight excluding hydrogens is 300 g/mol. The number of nitrogens with two attached hydrogens (primary N) is 1. The van der Waals surface area contributed by atoms with Crippen molar-refractivity contribution < 1.29 is 9.53 Å². The van der Waals surface area contributed by atoms with Gasteiger partial charge in [-0.2, -0.15) is 0 Å². The van der Waals surface area contributed by atoms with Gasteiger partial charge in [-0.05, 0) is 55.7 Å². The van der Waals surface area contributed by atoms with Crippen LogP contribution in [0.5, 0.6) is 0 Å². The van der Waals surface area contributed by atoms with E-state index < -0.39 is 5.41 Å². The summed E-state index contributed by atoms with van der Waals surface area (Å²) < 4.78 is 5.38. The van der Waals surface area contributed by atoms with Gasteiger partial charge in [0.25, 0.3) is 0 Å². The summed E-state index contributed by atoms with van der Waals surface area (Å²) in [5.41, 5.74) is 9.13. The number of benzene rings is 1. The fourth-order valence-electron chi connectivity index (χ4n) is 3.44. The van der Waals surface area contributed by atoms with Gasteiger partial charge in [0.2, 0.25) is 5.91 Å². The van der Waals surface area contributed by atoms with Gasteiger partial charge in [-0.15, -0.1) is 12.4 Å². The number of nitrogens with one attached hydrogen (secondary N) is 1. The lowest BCUT2D eigenvalue weighted by Gasteiger charge is -2.35. The quantitative estimate of drug-likeness (QED) is 0.898. The average Bonchev–Trinajstić information content (AvgIpc) is 2.56. The van der Waals surface area contributed by atoms with Gasteiger partial charge in [0.1, 0.15) is 0 Å². The molecule has 1 aliphatic carbocycles. The molecule has 0 spiro atoms. The smallest absolute Gasteiger partial charge is 0.232 e. The lowest BCUT2D eigenvalue weighted by atomic mass is 9.79. The zero-order chi connectivity index (χ0) is 14.7. The summed E-state index contributed by atoms with van der Waals surface area (Å²) in [7, 11) is 0. The lowest BCUT2D eigenvalue weighted by Crippen LogP contribution is -2.46. The van der Waals surface area contributed by atoms with Gasteiger partial charge in [0.05, 0.1) is 5.41 Å². The Morgan fingerprint density at radius 1 is 1.23 bits per heavy atom. The molecule has 5 heteroatoms. The highest BCUT2D eigenvalue weighted by atomic mass is 35.5. The van der Waals surface area contributed by atoms with Crippen LogP contribution in [0, 0.1) is 5.41 Å². The summed E-state index contributed by atoms with van der Waals surface area (Å²) in [5.74, 6) is 0.0623. The normalized spacial score (nSPS) is 19.7. The van der Waals surface area contributed by atoms with Crippen molar-refractivity contribution in [2.24, 2.45) is 11.1 Å². The third-order valence-electron chi connectivity index (χ3n) is 4.97. The highest BCUT2D eigenvalue weighted by Gasteiger charge is 2.39. The summed E-state index contributed by atoms with van der Waals surface area (Å²) >= 11 is 0. The van der Waals surface area contributed by atoms with E-state index in [1.165, 1.54) is 24.0 Å². The van der Waals surface area contributed by atoms with Crippen LogP contribution in [-0.4, -0.2) is 25.7 Å². The van der Waals surface area contributed by atoms with E-state index in [0.717, 1.165) is 18.5 Å². The van der Waals surface area contributed by atoms with E-state index in [2.05, 4.69) is 11.4 Å². The summed E-state index contributed by atoms with van der Waals surface area (Å²) in [6.45, 7) is 1.63. The van der Waals surface area contributed by atoms with E-state index >= 15 is 0 Å². The molecule has 1 heterocycles. The zero-order valence-corrected chi connectivity index (χ0v) is 13.7. The number of ether oxygens (including phenoxy) is 1. The molecule has 4 nitrogen and oxygen atoms in total. The number of hydrogen-bond acceptors (Lipinski definition) is 3. The predicted octanol–water partition coefficient (Wildman–Crippen LogP) is 2.68. The van der Waals surface area contributed by atoms with Crippen molar-refractivity contribution in [3.8, 4) is 0 Å². The molecule has 0 aromatic heterocycles. The fraction of sp³-hybridized carbons (Fsp3) is 0.588. The van der Waals surface area contributed by atoms with Gasteiger partial charge in [0.15, 0.2) is 0 Å². The van der Waals surface area contributed by atoms with E-state index in [0.29, 0.717) is 32.6 Å². The number of fused-ring (bicyclic) bond motifs is 1. The first-order valence-corrected chi connectivity index (χ1v) is 7.95. The monoisotopic (exact) mass is 324 g/mol. The third kappa shape index (κ3) is 3.29. The van der Waals surface area contributed by atoms with Gasteiger partial charge in [-0.25, -0.2) is 0 Å². The SMILES string of the molecule is Cl.NCC1(C(=O)Nc2cccc3c2CCCC3)CCOCC1. The highest BCUT2D eigenvalue weighted by molar-refractivity contribution is 5.96. The first-order chi connectivity index (χ1) is 10.2. The van der Waals surface area contributed by atoms with Crippen LogP contribution in [0.15, 0.2) is 18.2 Å². The van der Waals surface area contributed by atoms with E-state index in [1.54, 1.807) is 0 Å². The second-order valence-corrected chi connectivity index (χ2v) is 6.20. The third-order valence-corrected chi connectivity index (χ3v) is 4.97. The maximum atomic E-state index is 12.8. The van der Waals surface area contributed by atoms with Gasteiger partial charge in [-0.1, -0.05) is 12.1 Å². The lowest BCUT2D eigenvalue weighted by molar-refractivity contribution is -0.130. The molecule has 1 fully saturated rings. The molecule has 1 aliphatic heterocycles. The molecule has 3 N–H and O–H groups in total. The van der Waals surface area contributed by atoms with Gasteiger partial charge >= 0.3 is 0 Å². The van der Waals surface area contributed by atoms with Crippen LogP contribution in [-0.2, 0) is 22.4 Å². The molecule has 1 saturated heterocycles. The van der Waals surface area contributed by atoms with Crippen LogP contribution >= 0.6 is 12.4 Å². The van der Waals surface area contributed by atoms with Crippen molar-refractivity contribution in [3.63, 3.8) is 0 Å². The minimum Gasteiger partial charge on any atom is -0.381 e. The molecule has 0 atom stereocenters. The molecule has 0 unspecified atom stereocenters. The van der Waals surface area contributed by atoms with Gasteiger partial charge < -0.3 is 15.8 Å². The van der Waals surface area contributed by atoms with Crippen LogP contribution in [0.3, 0.4) is 0 Å². The predicted molar refractivity (Wildman–Crippen MR) is 90.5 cm³/mol. The summed E-state index contributed by atoms with van der Waals surface area (Å²) in [6, 6.07) is 6.24. The number of anilines is 1. The van der Waals surface area contributed by atoms with Crippen molar-refractivity contribution in [2.45, 2.75) is 38.5 Å². The Kier molecular flexibility index (Phi) is 5.84. The molecule has 0 saturated carbocycles. The van der Waals surface area contributed by atoms with Crippen molar-refractivity contribution in [2.75, 3.05) is 25.1 Å². The number of hydrogen-bond donors (Lipinski definition) is 2. The Morgan fingerprint density at radius 2 is 1.95 bits per heavy atom. The van der Waals surface area contributed by atoms with Gasteiger partial charge in [-0.3, -0.25) is 4.79 Å². The molecule has 122 valence electrons. The molecular formula is C17H25ClN2O2. The molecule has 1 aromatic carbocycles. The summed E-state index contributed by atoms with van der Waals surface area (Å²) in [4.78, 5) is 12.8. The Hall–Kier alpha value is -1.10. The van der Waals surface area contributed by atoms with E-state index in [1.807, 2.05) is 12.1 Å². The number of rotatable bonds is 3. The van der Waals surface area contributed by atoms with Gasteiger partial charge in [0, 0.05) is 25.4 Å². The molecule has 3 rings (SSSR count). The molecule has 0 bridgehead atoms. The van der Waals surface area contributed by atoms with Crippen LogP contribution in [0.4, 0.5) is 5.69 Å². The van der Waals surface area contributed by atoms with E-state index in [9.17, 15) is 4.79 Å². The average molecular weight is 325 g/mol. The van der Waals surface area contributed by atoms with Crippen molar-refractivity contribution >= 4 is 24.0 Å². The second-order valence-electron chi connectivity index (χ2n) is 6.20. The zero-order valence-electron chi connectivity index (χ0n) is 12.9. The highest BCUT2D eigenvalue weighted by Crippen LogP contribution is 2.33. The minimum absolute atomic E-state index is 0. The molecule has 0 radical (unpaired) electrons. The Morgan fingerprint density at radius 3 is 2.68 bits per heavy atom. The number of amides is 1. The summed E-state index contributed by atoms with van der Waals surface area (Å²) in [6.07, 6.45) is 6.05. The molecule has 1 aromatic rings. The molecule has 2 aliphatic rings. The minimum atomic E-state index is -0.463. The Balaban J connectivity index is 0.00000176. The van der Waals surface area contributed by atoms with Crippen molar-refractivity contribution in [3.05, 3.63) is 29.3 Å². The van der Waals surface area contributed by atoms with E-state index in [-0.39, 0.29) is 18.3 Å². The Bertz CT molecular complexity index is 527. The number of aryl methyl sites for hydroxylation is 1. The van der Waals surface area contributed by atoms with Crippen molar-refractivity contribution in [1.29, 1.82) is 0 Å². The standard InChI is InChI=1S/C17H24N2O2.ClH/c18-12-17(8-10-21-11-9-17)16(20)19-15-7-3-5-13-4-1-2-6-14(13)15;/h3,5,7H,1-2,4,6,8-12,18H2,(H,19,20);1H. The first kappa shape index (κ1) is 17.3. The second kappa shape index (κ2) is 7.44. The molecule has 1 amide bonds. The fourth-order valence-corrected chi connectivity index (χ4v) is 3.44.